The number of fused-ring (bicyclic) bond motifs is 1. The number of aromatic nitrogens is 1. The van der Waals surface area contributed by atoms with Crippen LogP contribution in [0.1, 0.15) is 53.1 Å². The number of benzene rings is 2. The molecule has 1 aromatic heterocycles. The summed E-state index contributed by atoms with van der Waals surface area (Å²) in [6.45, 7) is 4.06. The SMILES string of the molecule is CC(C)n1ccc2c1C(c1ccc(C#N)cc1)N(c1cccc(Cl)c1F)C2=O. The van der Waals surface area contributed by atoms with Crippen molar-refractivity contribution >= 4 is 23.2 Å². The van der Waals surface area contributed by atoms with Gasteiger partial charge in [-0.3, -0.25) is 9.69 Å². The monoisotopic (exact) mass is 393 g/mol. The Morgan fingerprint density at radius 2 is 1.86 bits per heavy atom. The molecular weight excluding hydrogens is 377 g/mol. The second-order valence-electron chi connectivity index (χ2n) is 7.00. The van der Waals surface area contributed by atoms with E-state index in [0.717, 1.165) is 11.3 Å². The van der Waals surface area contributed by atoms with Crippen molar-refractivity contribution in [3.05, 3.63) is 88.0 Å². The number of halogens is 2. The van der Waals surface area contributed by atoms with E-state index in [4.69, 9.17) is 16.9 Å². The molecule has 1 atom stereocenters. The van der Waals surface area contributed by atoms with Crippen LogP contribution in [0.5, 0.6) is 0 Å². The van der Waals surface area contributed by atoms with E-state index in [1.165, 1.54) is 11.0 Å². The number of rotatable bonds is 3. The highest BCUT2D eigenvalue weighted by Gasteiger charge is 2.42. The molecule has 6 heteroatoms. The number of carbonyl (C=O) groups is 1. The summed E-state index contributed by atoms with van der Waals surface area (Å²) in [6.07, 6.45) is 1.88. The lowest BCUT2D eigenvalue weighted by molar-refractivity contribution is 0.0992. The van der Waals surface area contributed by atoms with Crippen LogP contribution in [0.3, 0.4) is 0 Å². The topological polar surface area (TPSA) is 49.0 Å². The summed E-state index contributed by atoms with van der Waals surface area (Å²) in [7, 11) is 0. The normalized spacial score (nSPS) is 15.8. The predicted octanol–water partition coefficient (Wildman–Crippen LogP) is 5.48. The fraction of sp³-hybridized carbons (Fsp3) is 0.182. The Morgan fingerprint density at radius 1 is 1.14 bits per heavy atom. The number of nitrogens with zero attached hydrogens (tertiary/aromatic N) is 3. The highest BCUT2D eigenvalue weighted by Crippen LogP contribution is 2.44. The third kappa shape index (κ3) is 2.69. The Bertz CT molecular complexity index is 1110. The third-order valence-corrected chi connectivity index (χ3v) is 5.32. The van der Waals surface area contributed by atoms with Crippen molar-refractivity contribution in [3.8, 4) is 6.07 Å². The number of hydrogen-bond donors (Lipinski definition) is 0. The fourth-order valence-electron chi connectivity index (χ4n) is 3.72. The Morgan fingerprint density at radius 3 is 2.50 bits per heavy atom. The second-order valence-corrected chi connectivity index (χ2v) is 7.41. The molecule has 0 fully saturated rings. The lowest BCUT2D eigenvalue weighted by atomic mass is 10.0. The predicted molar refractivity (Wildman–Crippen MR) is 106 cm³/mol. The van der Waals surface area contributed by atoms with Crippen molar-refractivity contribution in [2.24, 2.45) is 0 Å². The number of hydrogen-bond acceptors (Lipinski definition) is 2. The average molecular weight is 394 g/mol. The molecule has 140 valence electrons. The summed E-state index contributed by atoms with van der Waals surface area (Å²) in [4.78, 5) is 14.7. The maximum Gasteiger partial charge on any atom is 0.261 e. The van der Waals surface area contributed by atoms with Crippen LogP contribution in [0.15, 0.2) is 54.7 Å². The highest BCUT2D eigenvalue weighted by molar-refractivity contribution is 6.31. The molecule has 3 aromatic rings. The molecule has 1 unspecified atom stereocenters. The molecule has 0 saturated heterocycles. The largest absolute Gasteiger partial charge is 0.346 e. The zero-order valence-corrected chi connectivity index (χ0v) is 16.1. The number of nitriles is 1. The molecule has 0 saturated carbocycles. The van der Waals surface area contributed by atoms with Gasteiger partial charge in [0, 0.05) is 12.2 Å². The summed E-state index contributed by atoms with van der Waals surface area (Å²) >= 11 is 5.99. The molecule has 0 spiro atoms. The number of carbonyl (C=O) groups excluding carboxylic acids is 1. The van der Waals surface area contributed by atoms with Crippen LogP contribution in [0, 0.1) is 17.1 Å². The van der Waals surface area contributed by atoms with Crippen molar-refractivity contribution < 1.29 is 9.18 Å². The summed E-state index contributed by atoms with van der Waals surface area (Å²) < 4.78 is 16.9. The zero-order valence-electron chi connectivity index (χ0n) is 15.4. The Hall–Kier alpha value is -3.10. The van der Waals surface area contributed by atoms with Crippen LogP contribution >= 0.6 is 11.6 Å². The van der Waals surface area contributed by atoms with Crippen LogP contribution in [0.2, 0.25) is 5.02 Å². The molecule has 1 amide bonds. The molecule has 1 aliphatic heterocycles. The van der Waals surface area contributed by atoms with Crippen LogP contribution < -0.4 is 4.90 Å². The first-order valence-electron chi connectivity index (χ1n) is 8.92. The van der Waals surface area contributed by atoms with E-state index in [2.05, 4.69) is 6.07 Å². The molecule has 1 aliphatic rings. The molecule has 4 rings (SSSR count). The van der Waals surface area contributed by atoms with E-state index >= 15 is 0 Å². The molecule has 0 N–H and O–H groups in total. The lowest BCUT2D eigenvalue weighted by Gasteiger charge is -2.28. The maximum absolute atomic E-state index is 14.8. The molecular formula is C22H17ClFN3O. The third-order valence-electron chi connectivity index (χ3n) is 5.02. The average Bonchev–Trinajstić information content (AvgIpc) is 3.23. The first-order valence-corrected chi connectivity index (χ1v) is 9.30. The van der Waals surface area contributed by atoms with Gasteiger partial charge in [0.25, 0.3) is 5.91 Å². The van der Waals surface area contributed by atoms with E-state index in [1.54, 1.807) is 42.5 Å². The highest BCUT2D eigenvalue weighted by atomic mass is 35.5. The molecule has 0 radical (unpaired) electrons. The van der Waals surface area contributed by atoms with Crippen molar-refractivity contribution in [1.29, 1.82) is 5.26 Å². The minimum absolute atomic E-state index is 0.0350. The van der Waals surface area contributed by atoms with Gasteiger partial charge in [0.1, 0.15) is 6.04 Å². The molecule has 4 nitrogen and oxygen atoms in total. The van der Waals surface area contributed by atoms with Gasteiger partial charge in [0.2, 0.25) is 0 Å². The molecule has 28 heavy (non-hydrogen) atoms. The van der Waals surface area contributed by atoms with E-state index < -0.39 is 11.9 Å². The summed E-state index contributed by atoms with van der Waals surface area (Å²) in [5.41, 5.74) is 2.81. The van der Waals surface area contributed by atoms with Crippen molar-refractivity contribution in [2.45, 2.75) is 25.9 Å². The van der Waals surface area contributed by atoms with Gasteiger partial charge in [-0.1, -0.05) is 29.8 Å². The Balaban J connectivity index is 1.95. The first kappa shape index (κ1) is 18.3. The van der Waals surface area contributed by atoms with Crippen LogP contribution in [0.4, 0.5) is 10.1 Å². The second kappa shape index (κ2) is 6.81. The summed E-state index contributed by atoms with van der Waals surface area (Å²) in [5, 5.41) is 9.06. The van der Waals surface area contributed by atoms with E-state index in [-0.39, 0.29) is 22.7 Å². The summed E-state index contributed by atoms with van der Waals surface area (Å²) in [6, 6.07) is 15.1. The molecule has 2 heterocycles. The minimum Gasteiger partial charge on any atom is -0.346 e. The lowest BCUT2D eigenvalue weighted by Crippen LogP contribution is -2.30. The van der Waals surface area contributed by atoms with Gasteiger partial charge >= 0.3 is 0 Å². The number of amides is 1. The van der Waals surface area contributed by atoms with Crippen molar-refractivity contribution in [1.82, 2.24) is 4.57 Å². The van der Waals surface area contributed by atoms with Crippen molar-refractivity contribution in [2.75, 3.05) is 4.90 Å². The quantitative estimate of drug-likeness (QED) is 0.591. The fourth-order valence-corrected chi connectivity index (χ4v) is 3.89. The van der Waals surface area contributed by atoms with Crippen LogP contribution in [0.25, 0.3) is 0 Å². The maximum atomic E-state index is 14.8. The van der Waals surface area contributed by atoms with Gasteiger partial charge in [-0.2, -0.15) is 5.26 Å². The van der Waals surface area contributed by atoms with Gasteiger partial charge in [0.15, 0.2) is 5.82 Å². The molecule has 0 aliphatic carbocycles. The van der Waals surface area contributed by atoms with Crippen LogP contribution in [-0.2, 0) is 0 Å². The van der Waals surface area contributed by atoms with E-state index in [9.17, 15) is 9.18 Å². The van der Waals surface area contributed by atoms with Gasteiger partial charge in [-0.15, -0.1) is 0 Å². The Labute approximate surface area is 167 Å². The number of anilines is 1. The Kier molecular flexibility index (Phi) is 4.44. The van der Waals surface area contributed by atoms with E-state index in [0.29, 0.717) is 11.1 Å². The van der Waals surface area contributed by atoms with Gasteiger partial charge in [-0.25, -0.2) is 4.39 Å². The smallest absolute Gasteiger partial charge is 0.261 e. The molecule has 0 bridgehead atoms. The standard InChI is InChI=1S/C22H17ClFN3O/c1-13(2)26-11-10-16-21(26)20(15-8-6-14(12-25)7-9-15)27(22(16)28)18-5-3-4-17(23)19(18)24/h3-11,13,20H,1-2H3. The van der Waals surface area contributed by atoms with Crippen molar-refractivity contribution in [3.63, 3.8) is 0 Å². The van der Waals surface area contributed by atoms with Gasteiger partial charge < -0.3 is 4.57 Å². The zero-order chi connectivity index (χ0) is 20.0. The molecule has 2 aromatic carbocycles. The van der Waals surface area contributed by atoms with Gasteiger partial charge in [-0.05, 0) is 49.7 Å². The van der Waals surface area contributed by atoms with E-state index in [1.807, 2.05) is 24.6 Å². The van der Waals surface area contributed by atoms with Crippen LogP contribution in [-0.4, -0.2) is 10.5 Å². The summed E-state index contributed by atoms with van der Waals surface area (Å²) in [5.74, 6) is -0.901. The minimum atomic E-state index is -0.627. The first-order chi connectivity index (χ1) is 13.4. The van der Waals surface area contributed by atoms with Gasteiger partial charge in [0.05, 0.1) is 33.6 Å².